The number of carbonyl (C=O) groups excluding carboxylic acids is 1. The third-order valence-corrected chi connectivity index (χ3v) is 2.98. The van der Waals surface area contributed by atoms with Gasteiger partial charge >= 0.3 is 0 Å². The van der Waals surface area contributed by atoms with Crippen LogP contribution in [0, 0.1) is 13.8 Å². The number of alkyl halides is 2. The first-order chi connectivity index (χ1) is 9.93. The van der Waals surface area contributed by atoms with E-state index in [1.54, 1.807) is 0 Å². The summed E-state index contributed by atoms with van der Waals surface area (Å²) in [5.41, 5.74) is 2.07. The van der Waals surface area contributed by atoms with Gasteiger partial charge in [-0.05, 0) is 25.5 Å². The maximum absolute atomic E-state index is 12.3. The number of aliphatic hydroxyl groups is 1. The summed E-state index contributed by atoms with van der Waals surface area (Å²) < 4.78 is 30.2. The van der Waals surface area contributed by atoms with Crippen LogP contribution in [-0.4, -0.2) is 48.6 Å². The van der Waals surface area contributed by atoms with E-state index < -0.39 is 18.9 Å². The van der Waals surface area contributed by atoms with E-state index in [9.17, 15) is 13.6 Å². The summed E-state index contributed by atoms with van der Waals surface area (Å²) in [5, 5.41) is 8.79. The lowest BCUT2D eigenvalue weighted by Gasteiger charge is -2.21. The first-order valence-electron chi connectivity index (χ1n) is 6.81. The minimum Gasteiger partial charge on any atom is -0.493 e. The highest BCUT2D eigenvalue weighted by Gasteiger charge is 2.17. The predicted octanol–water partition coefficient (Wildman–Crippen LogP) is 2.16. The normalized spacial score (nSPS) is 10.8. The number of nitrogens with zero attached hydrogens (tertiary/aromatic N) is 1. The Kier molecular flexibility index (Phi) is 7.08. The minimum atomic E-state index is -2.61. The molecule has 6 heteroatoms. The molecule has 0 aromatic heterocycles. The Labute approximate surface area is 123 Å². The van der Waals surface area contributed by atoms with Crippen molar-refractivity contribution in [1.29, 1.82) is 0 Å². The molecule has 0 aliphatic rings. The second-order valence-corrected chi connectivity index (χ2v) is 4.82. The fraction of sp³-hybridized carbons (Fsp3) is 0.533. The smallest absolute Gasteiger partial charge is 0.255 e. The first kappa shape index (κ1) is 17.4. The van der Waals surface area contributed by atoms with Gasteiger partial charge in [-0.25, -0.2) is 8.78 Å². The monoisotopic (exact) mass is 301 g/mol. The van der Waals surface area contributed by atoms with Gasteiger partial charge in [0, 0.05) is 6.54 Å². The van der Waals surface area contributed by atoms with Crippen molar-refractivity contribution in [3.63, 3.8) is 0 Å². The lowest BCUT2D eigenvalue weighted by atomic mass is 10.1. The van der Waals surface area contributed by atoms with Gasteiger partial charge in [0.2, 0.25) is 5.91 Å². The van der Waals surface area contributed by atoms with Gasteiger partial charge in [0.1, 0.15) is 5.75 Å². The summed E-state index contributed by atoms with van der Waals surface area (Å²) in [6.45, 7) is 2.90. The van der Waals surface area contributed by atoms with Crippen LogP contribution in [0.25, 0.3) is 0 Å². The predicted molar refractivity (Wildman–Crippen MR) is 75.7 cm³/mol. The Hall–Kier alpha value is -1.69. The van der Waals surface area contributed by atoms with Crippen molar-refractivity contribution >= 4 is 5.91 Å². The summed E-state index contributed by atoms with van der Waals surface area (Å²) >= 11 is 0. The van der Waals surface area contributed by atoms with Crippen molar-refractivity contribution in [3.05, 3.63) is 29.3 Å². The molecule has 0 saturated heterocycles. The lowest BCUT2D eigenvalue weighted by molar-refractivity contribution is -0.134. The molecular weight excluding hydrogens is 280 g/mol. The summed E-state index contributed by atoms with van der Waals surface area (Å²) in [4.78, 5) is 12.8. The minimum absolute atomic E-state index is 0.0000361. The Bertz CT molecular complexity index is 466. The second-order valence-electron chi connectivity index (χ2n) is 4.82. The first-order valence-corrected chi connectivity index (χ1v) is 6.81. The van der Waals surface area contributed by atoms with Gasteiger partial charge in [-0.15, -0.1) is 0 Å². The van der Waals surface area contributed by atoms with E-state index in [0.29, 0.717) is 5.75 Å². The van der Waals surface area contributed by atoms with Crippen LogP contribution >= 0.6 is 0 Å². The molecule has 1 rings (SSSR count). The summed E-state index contributed by atoms with van der Waals surface area (Å²) in [5.74, 6) is 0.227. The zero-order chi connectivity index (χ0) is 15.8. The van der Waals surface area contributed by atoms with E-state index in [-0.39, 0.29) is 26.2 Å². The topological polar surface area (TPSA) is 49.8 Å². The van der Waals surface area contributed by atoms with Crippen LogP contribution in [0.15, 0.2) is 18.2 Å². The van der Waals surface area contributed by atoms with E-state index >= 15 is 0 Å². The summed E-state index contributed by atoms with van der Waals surface area (Å²) in [6, 6.07) is 5.69. The molecule has 0 saturated carbocycles. The van der Waals surface area contributed by atoms with Crippen molar-refractivity contribution in [2.24, 2.45) is 0 Å². The van der Waals surface area contributed by atoms with E-state index in [0.717, 1.165) is 16.0 Å². The fourth-order valence-corrected chi connectivity index (χ4v) is 1.97. The van der Waals surface area contributed by atoms with Crippen molar-refractivity contribution in [2.75, 3.05) is 26.3 Å². The molecule has 1 aromatic carbocycles. The molecule has 1 amide bonds. The number of halogens is 2. The fourth-order valence-electron chi connectivity index (χ4n) is 1.97. The standard InChI is InChI=1S/C15H21F2NO3/c1-11-3-4-13(12(2)9-11)21-8-5-15(20)18(6-7-19)10-14(16)17/h3-4,9,14,19H,5-8,10H2,1-2H3. The zero-order valence-corrected chi connectivity index (χ0v) is 12.3. The number of rotatable bonds is 8. The number of amides is 1. The molecule has 0 spiro atoms. The second kappa shape index (κ2) is 8.56. The van der Waals surface area contributed by atoms with Crippen LogP contribution in [-0.2, 0) is 4.79 Å². The van der Waals surface area contributed by atoms with Crippen molar-refractivity contribution < 1.29 is 23.4 Å². The number of aliphatic hydroxyl groups excluding tert-OH is 1. The molecule has 0 fully saturated rings. The molecular formula is C15H21F2NO3. The highest BCUT2D eigenvalue weighted by molar-refractivity contribution is 5.76. The van der Waals surface area contributed by atoms with Crippen LogP contribution in [0.2, 0.25) is 0 Å². The number of carbonyl (C=O) groups is 1. The average molecular weight is 301 g/mol. The number of benzene rings is 1. The molecule has 118 valence electrons. The molecule has 1 N–H and O–H groups in total. The largest absolute Gasteiger partial charge is 0.493 e. The molecule has 4 nitrogen and oxygen atoms in total. The number of hydrogen-bond donors (Lipinski definition) is 1. The van der Waals surface area contributed by atoms with Crippen LogP contribution in [0.5, 0.6) is 5.75 Å². The van der Waals surface area contributed by atoms with E-state index in [4.69, 9.17) is 9.84 Å². The van der Waals surface area contributed by atoms with E-state index in [1.807, 2.05) is 32.0 Å². The van der Waals surface area contributed by atoms with Gasteiger partial charge in [-0.2, -0.15) is 0 Å². The van der Waals surface area contributed by atoms with Gasteiger partial charge in [0.25, 0.3) is 6.43 Å². The number of ether oxygens (including phenoxy) is 1. The molecule has 21 heavy (non-hydrogen) atoms. The Morgan fingerprint density at radius 3 is 2.67 bits per heavy atom. The van der Waals surface area contributed by atoms with Gasteiger partial charge in [-0.3, -0.25) is 4.79 Å². The quantitative estimate of drug-likeness (QED) is 0.800. The molecule has 1 aromatic rings. The molecule has 0 atom stereocenters. The van der Waals surface area contributed by atoms with E-state index in [2.05, 4.69) is 0 Å². The Morgan fingerprint density at radius 1 is 1.38 bits per heavy atom. The van der Waals surface area contributed by atoms with Crippen LogP contribution in [0.3, 0.4) is 0 Å². The van der Waals surface area contributed by atoms with Crippen LogP contribution in [0.4, 0.5) is 8.78 Å². The SMILES string of the molecule is Cc1ccc(OCCC(=O)N(CCO)CC(F)F)c(C)c1. The van der Waals surface area contributed by atoms with Crippen LogP contribution in [0.1, 0.15) is 17.5 Å². The Balaban J connectivity index is 2.47. The maximum atomic E-state index is 12.3. The third-order valence-electron chi connectivity index (χ3n) is 2.98. The van der Waals surface area contributed by atoms with Crippen molar-refractivity contribution in [2.45, 2.75) is 26.7 Å². The van der Waals surface area contributed by atoms with Gasteiger partial charge in [-0.1, -0.05) is 17.7 Å². The summed E-state index contributed by atoms with van der Waals surface area (Å²) in [6.07, 6.45) is -2.61. The molecule has 0 heterocycles. The molecule has 0 unspecified atom stereocenters. The number of aryl methyl sites for hydroxylation is 2. The molecule has 0 radical (unpaired) electrons. The highest BCUT2D eigenvalue weighted by Crippen LogP contribution is 2.18. The molecule has 0 bridgehead atoms. The molecule has 0 aliphatic carbocycles. The third kappa shape index (κ3) is 6.08. The average Bonchev–Trinajstić information content (AvgIpc) is 2.40. The molecule has 0 aliphatic heterocycles. The Morgan fingerprint density at radius 2 is 2.10 bits per heavy atom. The lowest BCUT2D eigenvalue weighted by Crippen LogP contribution is -2.37. The van der Waals surface area contributed by atoms with Gasteiger partial charge in [0.05, 0.1) is 26.2 Å². The van der Waals surface area contributed by atoms with Gasteiger partial charge < -0.3 is 14.7 Å². The van der Waals surface area contributed by atoms with E-state index in [1.165, 1.54) is 0 Å². The summed E-state index contributed by atoms with van der Waals surface area (Å²) in [7, 11) is 0. The highest BCUT2D eigenvalue weighted by atomic mass is 19.3. The van der Waals surface area contributed by atoms with Crippen molar-refractivity contribution in [3.8, 4) is 5.75 Å². The van der Waals surface area contributed by atoms with Gasteiger partial charge in [0.15, 0.2) is 0 Å². The number of hydrogen-bond acceptors (Lipinski definition) is 3. The van der Waals surface area contributed by atoms with Crippen molar-refractivity contribution in [1.82, 2.24) is 4.90 Å². The zero-order valence-electron chi connectivity index (χ0n) is 12.3. The maximum Gasteiger partial charge on any atom is 0.255 e. The van der Waals surface area contributed by atoms with Crippen LogP contribution < -0.4 is 4.74 Å².